The maximum Gasteiger partial charge on any atom is 0.197 e. The fourth-order valence-electron chi connectivity index (χ4n) is 0.411. The van der Waals surface area contributed by atoms with E-state index in [-0.39, 0.29) is 0 Å². The van der Waals surface area contributed by atoms with E-state index in [0.29, 0.717) is 12.5 Å². The number of rotatable bonds is 3. The Hall–Kier alpha value is -0.840. The van der Waals surface area contributed by atoms with Gasteiger partial charge in [0, 0.05) is 6.54 Å². The largest absolute Gasteiger partial charge is 0.233 e. The third-order valence-corrected chi connectivity index (χ3v) is 0.943. The number of hydrogen-bond donors (Lipinski definition) is 0. The Morgan fingerprint density at radius 2 is 2.22 bits per heavy atom. The fraction of sp³-hybridized carbons (Fsp3) is 0.714. The summed E-state index contributed by atoms with van der Waals surface area (Å²) in [7, 11) is 0. The molecule has 0 amide bonds. The molecule has 0 aromatic rings. The van der Waals surface area contributed by atoms with Crippen molar-refractivity contribution < 1.29 is 4.79 Å². The molecule has 0 N–H and O–H groups in total. The lowest BCUT2D eigenvalue weighted by atomic mass is 10.1. The van der Waals surface area contributed by atoms with E-state index in [0.717, 1.165) is 6.42 Å². The van der Waals surface area contributed by atoms with Gasteiger partial charge in [-0.1, -0.05) is 13.8 Å². The van der Waals surface area contributed by atoms with Crippen molar-refractivity contribution in [3.05, 3.63) is 0 Å². The Morgan fingerprint density at radius 3 is 2.67 bits per heavy atom. The lowest BCUT2D eigenvalue weighted by molar-refractivity contribution is 0.570. The van der Waals surface area contributed by atoms with Gasteiger partial charge in [-0.25, -0.2) is 9.79 Å². The van der Waals surface area contributed by atoms with Gasteiger partial charge in [-0.05, 0) is 12.3 Å². The summed E-state index contributed by atoms with van der Waals surface area (Å²) in [6.45, 7) is 4.91. The first-order valence-corrected chi connectivity index (χ1v) is 3.06. The average Bonchev–Trinajstić information content (AvgIpc) is 1.80. The smallest absolute Gasteiger partial charge is 0.197 e. The van der Waals surface area contributed by atoms with Gasteiger partial charge < -0.3 is 0 Å². The summed E-state index contributed by atoms with van der Waals surface area (Å²) in [5.41, 5.74) is 0. The summed E-state index contributed by atoms with van der Waals surface area (Å²) < 4.78 is 0. The van der Waals surface area contributed by atoms with Gasteiger partial charge >= 0.3 is 0 Å². The topological polar surface area (TPSA) is 29.4 Å². The van der Waals surface area contributed by atoms with Crippen molar-refractivity contribution in [3.8, 4) is 0 Å². The molecule has 0 aliphatic rings. The number of carbonyl (C=O) groups excluding carboxylic acids is 1. The summed E-state index contributed by atoms with van der Waals surface area (Å²) in [6.07, 6.45) is 1.01. The van der Waals surface area contributed by atoms with Gasteiger partial charge in [0.25, 0.3) is 0 Å². The molecule has 0 rings (SSSR count). The second kappa shape index (κ2) is 5.30. The van der Waals surface area contributed by atoms with Crippen molar-refractivity contribution in [3.63, 3.8) is 0 Å². The van der Waals surface area contributed by atoms with E-state index in [1.54, 1.807) is 0 Å². The normalized spacial score (nSPS) is 8.33. The van der Waals surface area contributed by atoms with Crippen LogP contribution in [0.5, 0.6) is 0 Å². The first-order valence-electron chi connectivity index (χ1n) is 3.06. The molecular formula is C7H11NO. The number of aliphatic imine (C=N–C) groups is 1. The first-order chi connectivity index (χ1) is 4.27. The van der Waals surface area contributed by atoms with Gasteiger partial charge in [0.15, 0.2) is 5.94 Å². The molecule has 2 heteroatoms. The molecule has 0 saturated heterocycles. The van der Waals surface area contributed by atoms with Gasteiger partial charge in [-0.15, -0.1) is 0 Å². The summed E-state index contributed by atoms with van der Waals surface area (Å²) in [5, 5.41) is 0. The Morgan fingerprint density at radius 1 is 1.56 bits per heavy atom. The van der Waals surface area contributed by atoms with Gasteiger partial charge in [-0.2, -0.15) is 0 Å². The van der Waals surface area contributed by atoms with Crippen LogP contribution in [0.25, 0.3) is 0 Å². The highest BCUT2D eigenvalue weighted by atomic mass is 16.1. The highest BCUT2D eigenvalue weighted by Crippen LogP contribution is 1.97. The minimum absolute atomic E-state index is 0.641. The molecule has 0 radical (unpaired) electrons. The van der Waals surface area contributed by atoms with Crippen molar-refractivity contribution in [2.45, 2.75) is 20.3 Å². The summed E-state index contributed by atoms with van der Waals surface area (Å²) in [6, 6.07) is 0. The van der Waals surface area contributed by atoms with Crippen LogP contribution in [0.3, 0.4) is 0 Å². The molecule has 0 heterocycles. The molecule has 0 bridgehead atoms. The Kier molecular flexibility index (Phi) is 4.81. The third kappa shape index (κ3) is 7.16. The molecule has 50 valence electrons. The standard InChI is InChI=1S/C7H11NO/c1-7(2)3-4-8-5-6-9/h7H,3-4H2,1-2H3. The minimum atomic E-state index is 0.641. The van der Waals surface area contributed by atoms with E-state index in [1.807, 2.05) is 0 Å². The van der Waals surface area contributed by atoms with Crippen molar-refractivity contribution in [2.75, 3.05) is 6.54 Å². The second-order valence-corrected chi connectivity index (χ2v) is 2.28. The SMILES string of the molecule is CC(C)CCN=C=C=O. The van der Waals surface area contributed by atoms with Crippen molar-refractivity contribution >= 4 is 11.8 Å². The molecule has 0 saturated carbocycles. The quantitative estimate of drug-likeness (QED) is 0.410. The van der Waals surface area contributed by atoms with E-state index < -0.39 is 0 Å². The van der Waals surface area contributed by atoms with Crippen LogP contribution in [0, 0.1) is 5.92 Å². The second-order valence-electron chi connectivity index (χ2n) is 2.28. The lowest BCUT2D eigenvalue weighted by Crippen LogP contribution is -1.89. The Bertz CT molecular complexity index is 139. The summed E-state index contributed by atoms with van der Waals surface area (Å²) >= 11 is 0. The van der Waals surface area contributed by atoms with Crippen LogP contribution in [0.15, 0.2) is 4.99 Å². The highest BCUT2D eigenvalue weighted by Gasteiger charge is 1.88. The van der Waals surface area contributed by atoms with Crippen LogP contribution in [0.4, 0.5) is 0 Å². The Balaban J connectivity index is 3.30. The lowest BCUT2D eigenvalue weighted by Gasteiger charge is -1.96. The summed E-state index contributed by atoms with van der Waals surface area (Å²) in [4.78, 5) is 13.2. The summed E-state index contributed by atoms with van der Waals surface area (Å²) in [5.74, 6) is 4.24. The maximum atomic E-state index is 9.52. The molecule has 0 aliphatic carbocycles. The predicted molar refractivity (Wildman–Crippen MR) is 37.5 cm³/mol. The van der Waals surface area contributed by atoms with Crippen LogP contribution in [-0.4, -0.2) is 18.4 Å². The van der Waals surface area contributed by atoms with Crippen molar-refractivity contribution in [2.24, 2.45) is 10.9 Å². The minimum Gasteiger partial charge on any atom is -0.233 e. The van der Waals surface area contributed by atoms with Crippen LogP contribution < -0.4 is 0 Å². The zero-order valence-corrected chi connectivity index (χ0v) is 5.85. The predicted octanol–water partition coefficient (Wildman–Crippen LogP) is 1.09. The molecule has 0 unspecified atom stereocenters. The van der Waals surface area contributed by atoms with E-state index in [1.165, 1.54) is 5.94 Å². The van der Waals surface area contributed by atoms with Crippen LogP contribution in [0.2, 0.25) is 0 Å². The molecule has 0 aromatic carbocycles. The highest BCUT2D eigenvalue weighted by molar-refractivity contribution is 5.85. The van der Waals surface area contributed by atoms with E-state index in [4.69, 9.17) is 0 Å². The van der Waals surface area contributed by atoms with Crippen LogP contribution in [0.1, 0.15) is 20.3 Å². The zero-order chi connectivity index (χ0) is 7.11. The third-order valence-electron chi connectivity index (χ3n) is 0.943. The van der Waals surface area contributed by atoms with Gasteiger partial charge in [-0.3, -0.25) is 0 Å². The van der Waals surface area contributed by atoms with Gasteiger partial charge in [0.05, 0.1) is 5.87 Å². The van der Waals surface area contributed by atoms with E-state index in [2.05, 4.69) is 24.7 Å². The number of hydrogen-bond acceptors (Lipinski definition) is 2. The molecule has 0 aliphatic heterocycles. The molecule has 0 fully saturated rings. The molecule has 9 heavy (non-hydrogen) atoms. The Labute approximate surface area is 55.3 Å². The zero-order valence-electron chi connectivity index (χ0n) is 5.85. The fourth-order valence-corrected chi connectivity index (χ4v) is 0.411. The molecular weight excluding hydrogens is 114 g/mol. The monoisotopic (exact) mass is 125 g/mol. The molecule has 0 atom stereocenters. The van der Waals surface area contributed by atoms with Crippen LogP contribution >= 0.6 is 0 Å². The van der Waals surface area contributed by atoms with Crippen molar-refractivity contribution in [1.82, 2.24) is 0 Å². The van der Waals surface area contributed by atoms with Gasteiger partial charge in [0.1, 0.15) is 0 Å². The number of nitrogens with zero attached hydrogens (tertiary/aromatic N) is 1. The molecule has 2 nitrogen and oxygen atoms in total. The first kappa shape index (κ1) is 8.16. The maximum absolute atomic E-state index is 9.52. The average molecular weight is 125 g/mol. The van der Waals surface area contributed by atoms with Crippen LogP contribution in [-0.2, 0) is 4.79 Å². The van der Waals surface area contributed by atoms with Gasteiger partial charge in [0.2, 0.25) is 0 Å². The molecule has 0 aromatic heterocycles. The molecule has 0 spiro atoms. The van der Waals surface area contributed by atoms with E-state index >= 15 is 0 Å². The van der Waals surface area contributed by atoms with Crippen molar-refractivity contribution in [1.29, 1.82) is 0 Å². The van der Waals surface area contributed by atoms with E-state index in [9.17, 15) is 4.79 Å².